The van der Waals surface area contributed by atoms with Gasteiger partial charge in [0.2, 0.25) is 0 Å². The third-order valence-electron chi connectivity index (χ3n) is 3.75. The Morgan fingerprint density at radius 1 is 1.50 bits per heavy atom. The van der Waals surface area contributed by atoms with E-state index in [1.165, 1.54) is 0 Å². The van der Waals surface area contributed by atoms with Crippen LogP contribution in [0.15, 0.2) is 22.7 Å². The average molecular weight is 349 g/mol. The lowest BCUT2D eigenvalue weighted by Gasteiger charge is -2.22. The fraction of sp³-hybridized carbons (Fsp3) is 0.571. The van der Waals surface area contributed by atoms with Crippen LogP contribution in [0.25, 0.3) is 0 Å². The molecule has 0 aliphatic carbocycles. The average Bonchev–Trinajstić information content (AvgIpc) is 2.75. The lowest BCUT2D eigenvalue weighted by atomic mass is 9.90. The summed E-state index contributed by atoms with van der Waals surface area (Å²) in [4.78, 5) is 2.34. The molecule has 0 spiro atoms. The summed E-state index contributed by atoms with van der Waals surface area (Å²) in [6.07, 6.45) is 1.09. The van der Waals surface area contributed by atoms with Crippen LogP contribution in [0.1, 0.15) is 18.9 Å². The molecule has 2 rings (SSSR count). The molecule has 20 heavy (non-hydrogen) atoms. The molecule has 3 nitrogen and oxygen atoms in total. The smallest absolute Gasteiger partial charge is 0.387 e. The first kappa shape index (κ1) is 15.7. The normalized spacial score (nSPS) is 23.5. The van der Waals surface area contributed by atoms with Crippen molar-refractivity contribution >= 4 is 15.9 Å². The molecule has 0 bridgehead atoms. The molecule has 1 aromatic rings. The highest BCUT2D eigenvalue weighted by atomic mass is 79.9. The molecule has 1 saturated heterocycles. The Balaban J connectivity index is 1.99. The van der Waals surface area contributed by atoms with Crippen molar-refractivity contribution < 1.29 is 13.5 Å². The standard InChI is InChI=1S/C14H19BrF2N2O/c1-14(8-18)4-5-19(9-14)7-10-2-3-12(11(15)6-10)20-13(16)17/h2-3,6,13H,4-5,7-9,18H2,1H3. The van der Waals surface area contributed by atoms with E-state index in [-0.39, 0.29) is 11.2 Å². The molecule has 1 heterocycles. The van der Waals surface area contributed by atoms with Crippen LogP contribution >= 0.6 is 15.9 Å². The zero-order valence-corrected chi connectivity index (χ0v) is 13.0. The highest BCUT2D eigenvalue weighted by Gasteiger charge is 2.32. The fourth-order valence-corrected chi connectivity index (χ4v) is 3.04. The molecule has 1 aliphatic heterocycles. The number of ether oxygens (including phenoxy) is 1. The third-order valence-corrected chi connectivity index (χ3v) is 4.37. The molecule has 0 aromatic heterocycles. The summed E-state index contributed by atoms with van der Waals surface area (Å²) in [6, 6.07) is 5.22. The number of hydrogen-bond acceptors (Lipinski definition) is 3. The Bertz CT molecular complexity index is 472. The molecule has 1 aliphatic rings. The molecular formula is C14H19BrF2N2O. The van der Waals surface area contributed by atoms with Crippen molar-refractivity contribution in [2.45, 2.75) is 26.5 Å². The van der Waals surface area contributed by atoms with Gasteiger partial charge in [-0.25, -0.2) is 0 Å². The Morgan fingerprint density at radius 2 is 2.25 bits per heavy atom. The van der Waals surface area contributed by atoms with Crippen LogP contribution in [-0.2, 0) is 6.54 Å². The lowest BCUT2D eigenvalue weighted by Crippen LogP contribution is -2.31. The maximum absolute atomic E-state index is 12.2. The number of rotatable bonds is 5. The number of alkyl halides is 2. The summed E-state index contributed by atoms with van der Waals surface area (Å²) >= 11 is 3.26. The van der Waals surface area contributed by atoms with Crippen molar-refractivity contribution in [2.24, 2.45) is 11.1 Å². The quantitative estimate of drug-likeness (QED) is 0.887. The molecule has 0 radical (unpaired) electrons. The summed E-state index contributed by atoms with van der Waals surface area (Å²) in [5, 5.41) is 0. The molecule has 1 fully saturated rings. The number of likely N-dealkylation sites (tertiary alicyclic amines) is 1. The minimum Gasteiger partial charge on any atom is -0.434 e. The van der Waals surface area contributed by atoms with Crippen LogP contribution in [0.2, 0.25) is 0 Å². The lowest BCUT2D eigenvalue weighted by molar-refractivity contribution is -0.0503. The maximum atomic E-state index is 12.2. The molecular weight excluding hydrogens is 330 g/mol. The van der Waals surface area contributed by atoms with Gasteiger partial charge in [-0.2, -0.15) is 8.78 Å². The van der Waals surface area contributed by atoms with Crippen LogP contribution in [-0.4, -0.2) is 31.1 Å². The van der Waals surface area contributed by atoms with Crippen LogP contribution in [0.5, 0.6) is 5.75 Å². The molecule has 0 saturated carbocycles. The van der Waals surface area contributed by atoms with Gasteiger partial charge in [0.1, 0.15) is 5.75 Å². The van der Waals surface area contributed by atoms with Gasteiger partial charge in [0.15, 0.2) is 0 Å². The number of hydrogen-bond donors (Lipinski definition) is 1. The Hall–Kier alpha value is -0.720. The summed E-state index contributed by atoms with van der Waals surface area (Å²) in [5.74, 6) is 0.164. The van der Waals surface area contributed by atoms with Gasteiger partial charge in [0.05, 0.1) is 4.47 Å². The molecule has 0 amide bonds. The van der Waals surface area contributed by atoms with Crippen molar-refractivity contribution in [1.82, 2.24) is 4.90 Å². The van der Waals surface area contributed by atoms with Gasteiger partial charge in [-0.3, -0.25) is 4.90 Å². The summed E-state index contributed by atoms with van der Waals surface area (Å²) in [5.41, 5.74) is 7.05. The van der Waals surface area contributed by atoms with Crippen molar-refractivity contribution in [3.63, 3.8) is 0 Å². The SMILES string of the molecule is CC1(CN)CCN(Cc2ccc(OC(F)F)c(Br)c2)C1. The van der Waals surface area contributed by atoms with E-state index in [9.17, 15) is 8.78 Å². The molecule has 1 aromatic carbocycles. The van der Waals surface area contributed by atoms with E-state index in [1.54, 1.807) is 6.07 Å². The van der Waals surface area contributed by atoms with Gasteiger partial charge in [0.25, 0.3) is 0 Å². The van der Waals surface area contributed by atoms with E-state index in [2.05, 4.69) is 32.5 Å². The molecule has 1 unspecified atom stereocenters. The van der Waals surface area contributed by atoms with Gasteiger partial charge < -0.3 is 10.5 Å². The molecule has 2 N–H and O–H groups in total. The first-order valence-corrected chi connectivity index (χ1v) is 7.37. The van der Waals surface area contributed by atoms with Crippen LogP contribution in [0, 0.1) is 5.41 Å². The topological polar surface area (TPSA) is 38.5 Å². The van der Waals surface area contributed by atoms with E-state index < -0.39 is 6.61 Å². The second-order valence-corrected chi connectivity index (χ2v) is 6.47. The molecule has 1 atom stereocenters. The monoisotopic (exact) mass is 348 g/mol. The van der Waals surface area contributed by atoms with Gasteiger partial charge in [-0.1, -0.05) is 13.0 Å². The van der Waals surface area contributed by atoms with Gasteiger partial charge in [0, 0.05) is 13.1 Å². The van der Waals surface area contributed by atoms with E-state index >= 15 is 0 Å². The first-order valence-electron chi connectivity index (χ1n) is 6.57. The van der Waals surface area contributed by atoms with E-state index in [1.807, 2.05) is 12.1 Å². The van der Waals surface area contributed by atoms with Crippen LogP contribution in [0.4, 0.5) is 8.78 Å². The van der Waals surface area contributed by atoms with E-state index in [0.717, 1.165) is 31.6 Å². The predicted octanol–water partition coefficient (Wildman–Crippen LogP) is 3.22. The minimum absolute atomic E-state index is 0.164. The first-order chi connectivity index (χ1) is 9.42. The summed E-state index contributed by atoms with van der Waals surface area (Å²) in [7, 11) is 0. The van der Waals surface area contributed by atoms with Gasteiger partial charge >= 0.3 is 6.61 Å². The number of benzene rings is 1. The highest BCUT2D eigenvalue weighted by Crippen LogP contribution is 2.31. The Kier molecular flexibility index (Phi) is 4.99. The molecule has 6 heteroatoms. The zero-order valence-electron chi connectivity index (χ0n) is 11.4. The van der Waals surface area contributed by atoms with E-state index in [4.69, 9.17) is 5.73 Å². The van der Waals surface area contributed by atoms with Crippen LogP contribution < -0.4 is 10.5 Å². The Labute approximate surface area is 126 Å². The fourth-order valence-electron chi connectivity index (χ4n) is 2.52. The summed E-state index contributed by atoms with van der Waals surface area (Å²) < 4.78 is 29.3. The second kappa shape index (κ2) is 6.37. The zero-order chi connectivity index (χ0) is 14.8. The third kappa shape index (κ3) is 3.90. The van der Waals surface area contributed by atoms with Crippen molar-refractivity contribution in [3.8, 4) is 5.75 Å². The van der Waals surface area contributed by atoms with E-state index in [0.29, 0.717) is 11.0 Å². The van der Waals surface area contributed by atoms with Gasteiger partial charge in [-0.15, -0.1) is 0 Å². The predicted molar refractivity (Wildman–Crippen MR) is 77.8 cm³/mol. The molecule has 112 valence electrons. The maximum Gasteiger partial charge on any atom is 0.387 e. The van der Waals surface area contributed by atoms with Crippen molar-refractivity contribution in [2.75, 3.05) is 19.6 Å². The van der Waals surface area contributed by atoms with Crippen molar-refractivity contribution in [1.29, 1.82) is 0 Å². The number of nitrogens with two attached hydrogens (primary N) is 1. The second-order valence-electron chi connectivity index (χ2n) is 5.62. The summed E-state index contributed by atoms with van der Waals surface area (Å²) in [6.45, 7) is 2.86. The van der Waals surface area contributed by atoms with Crippen molar-refractivity contribution in [3.05, 3.63) is 28.2 Å². The van der Waals surface area contributed by atoms with Gasteiger partial charge in [-0.05, 0) is 58.6 Å². The number of nitrogens with zero attached hydrogens (tertiary/aromatic N) is 1. The highest BCUT2D eigenvalue weighted by molar-refractivity contribution is 9.10. The van der Waals surface area contributed by atoms with Crippen LogP contribution in [0.3, 0.4) is 0 Å². The Morgan fingerprint density at radius 3 is 2.80 bits per heavy atom. The largest absolute Gasteiger partial charge is 0.434 e. The minimum atomic E-state index is -2.80. The number of halogens is 3.